The maximum atomic E-state index is 4.40. The summed E-state index contributed by atoms with van der Waals surface area (Å²) in [6.45, 7) is 4.14. The van der Waals surface area contributed by atoms with Gasteiger partial charge in [-0.3, -0.25) is 0 Å². The number of benzene rings is 1. The fourth-order valence-electron chi connectivity index (χ4n) is 1.67. The summed E-state index contributed by atoms with van der Waals surface area (Å²) in [5, 5.41) is 0. The topological polar surface area (TPSA) is 25.8 Å². The normalized spacial score (nSPS) is 10.5. The van der Waals surface area contributed by atoms with Gasteiger partial charge in [0.1, 0.15) is 9.21 Å². The van der Waals surface area contributed by atoms with E-state index in [0.29, 0.717) is 0 Å². The quantitative estimate of drug-likeness (QED) is 0.723. The van der Waals surface area contributed by atoms with Gasteiger partial charge in [0.2, 0.25) is 0 Å². The lowest BCUT2D eigenvalue weighted by molar-refractivity contribution is 1.11. The van der Waals surface area contributed by atoms with Crippen LogP contribution in [0.15, 0.2) is 33.5 Å². The van der Waals surface area contributed by atoms with E-state index in [1.54, 1.807) is 0 Å². The third kappa shape index (κ3) is 2.33. The molecule has 2 nitrogen and oxygen atoms in total. The van der Waals surface area contributed by atoms with Crippen LogP contribution in [-0.2, 0) is 0 Å². The summed E-state index contributed by atoms with van der Waals surface area (Å²) in [5.41, 5.74) is 3.47. The molecule has 2 aromatic rings. The van der Waals surface area contributed by atoms with Gasteiger partial charge in [0.25, 0.3) is 0 Å². The second-order valence-corrected chi connectivity index (χ2v) is 5.23. The van der Waals surface area contributed by atoms with Crippen molar-refractivity contribution in [3.05, 3.63) is 44.6 Å². The molecular weight excluding hydrogens is 332 g/mol. The predicted molar refractivity (Wildman–Crippen MR) is 72.3 cm³/mol. The van der Waals surface area contributed by atoms with Gasteiger partial charge < -0.3 is 0 Å². The molecule has 1 heterocycles. The van der Waals surface area contributed by atoms with Crippen LogP contribution in [0.1, 0.15) is 11.1 Å². The highest BCUT2D eigenvalue weighted by atomic mass is 79.9. The van der Waals surface area contributed by atoms with Crippen LogP contribution >= 0.6 is 31.9 Å². The molecule has 0 saturated heterocycles. The highest BCUT2D eigenvalue weighted by Gasteiger charge is 2.09. The summed E-state index contributed by atoms with van der Waals surface area (Å²) in [7, 11) is 0. The lowest BCUT2D eigenvalue weighted by atomic mass is 10.0. The molecule has 16 heavy (non-hydrogen) atoms. The first-order valence-electron chi connectivity index (χ1n) is 4.84. The van der Waals surface area contributed by atoms with E-state index in [1.165, 1.54) is 11.1 Å². The molecule has 0 aliphatic heterocycles. The average molecular weight is 342 g/mol. The molecule has 2 rings (SSSR count). The number of aromatic nitrogens is 2. The molecule has 1 aromatic carbocycles. The minimum Gasteiger partial charge on any atom is -0.221 e. The molecule has 0 aliphatic rings. The maximum Gasteiger partial charge on any atom is 0.162 e. The van der Waals surface area contributed by atoms with Crippen LogP contribution in [0.4, 0.5) is 0 Å². The molecule has 0 N–H and O–H groups in total. The van der Waals surface area contributed by atoms with Gasteiger partial charge in [0, 0.05) is 11.6 Å². The number of hydrogen-bond acceptors (Lipinski definition) is 2. The van der Waals surface area contributed by atoms with Gasteiger partial charge in [-0.15, -0.1) is 0 Å². The summed E-state index contributed by atoms with van der Waals surface area (Å²) in [6, 6.07) is 8.01. The Labute approximate surface area is 111 Å². The van der Waals surface area contributed by atoms with Gasteiger partial charge in [-0.05, 0) is 56.8 Å². The van der Waals surface area contributed by atoms with Crippen LogP contribution in [0.2, 0.25) is 0 Å². The minimum absolute atomic E-state index is 0.747. The molecule has 0 atom stereocenters. The molecule has 0 unspecified atom stereocenters. The van der Waals surface area contributed by atoms with Gasteiger partial charge >= 0.3 is 0 Å². The summed E-state index contributed by atoms with van der Waals surface area (Å²) in [4.78, 5) is 8.80. The van der Waals surface area contributed by atoms with E-state index in [0.717, 1.165) is 20.6 Å². The maximum absolute atomic E-state index is 4.40. The lowest BCUT2D eigenvalue weighted by Crippen LogP contribution is -1.95. The van der Waals surface area contributed by atoms with E-state index in [2.05, 4.69) is 67.8 Å². The number of hydrogen-bond donors (Lipinski definition) is 0. The lowest BCUT2D eigenvalue weighted by Gasteiger charge is -2.08. The highest BCUT2D eigenvalue weighted by Crippen LogP contribution is 2.26. The molecule has 0 spiro atoms. The number of halogens is 2. The van der Waals surface area contributed by atoms with Crippen molar-refractivity contribution in [2.24, 2.45) is 0 Å². The third-order valence-corrected chi connectivity index (χ3v) is 3.18. The van der Waals surface area contributed by atoms with Crippen molar-refractivity contribution in [1.29, 1.82) is 0 Å². The predicted octanol–water partition coefficient (Wildman–Crippen LogP) is 4.29. The third-order valence-electron chi connectivity index (χ3n) is 2.37. The first kappa shape index (κ1) is 11.7. The van der Waals surface area contributed by atoms with Crippen LogP contribution < -0.4 is 0 Å². The Morgan fingerprint density at radius 1 is 0.938 bits per heavy atom. The van der Waals surface area contributed by atoms with Crippen molar-refractivity contribution in [2.75, 3.05) is 0 Å². The van der Waals surface area contributed by atoms with Gasteiger partial charge in [-0.2, -0.15) is 0 Å². The van der Waals surface area contributed by atoms with Crippen LogP contribution in [0.5, 0.6) is 0 Å². The Morgan fingerprint density at radius 2 is 1.44 bits per heavy atom. The van der Waals surface area contributed by atoms with Gasteiger partial charge in [-0.25, -0.2) is 9.97 Å². The van der Waals surface area contributed by atoms with E-state index in [1.807, 2.05) is 12.1 Å². The zero-order valence-corrected chi connectivity index (χ0v) is 12.1. The Morgan fingerprint density at radius 3 is 1.94 bits per heavy atom. The molecule has 82 valence electrons. The number of nitrogens with zero attached hydrogens (tertiary/aromatic N) is 2. The first-order chi connectivity index (χ1) is 7.58. The van der Waals surface area contributed by atoms with Crippen LogP contribution in [0.3, 0.4) is 0 Å². The van der Waals surface area contributed by atoms with E-state index in [4.69, 9.17) is 0 Å². The second-order valence-electron chi connectivity index (χ2n) is 3.60. The summed E-state index contributed by atoms with van der Waals surface area (Å²) in [5.74, 6) is 0.747. The van der Waals surface area contributed by atoms with Crippen LogP contribution in [0, 0.1) is 13.8 Å². The van der Waals surface area contributed by atoms with Crippen LogP contribution in [0.25, 0.3) is 11.4 Å². The standard InChI is InChI=1S/C12H10Br2N2/c1-7-4-3-5-8(2)11(7)12-15-9(13)6-10(14)16-12/h3-6H,1-2H3. The molecule has 0 amide bonds. The molecule has 0 bridgehead atoms. The number of rotatable bonds is 1. The zero-order chi connectivity index (χ0) is 11.7. The molecule has 0 radical (unpaired) electrons. The Bertz CT molecular complexity index is 498. The Kier molecular flexibility index (Phi) is 3.40. The Hall–Kier alpha value is -0.740. The number of aryl methyl sites for hydroxylation is 2. The van der Waals surface area contributed by atoms with Crippen molar-refractivity contribution in [3.8, 4) is 11.4 Å². The van der Waals surface area contributed by atoms with Crippen molar-refractivity contribution in [1.82, 2.24) is 9.97 Å². The van der Waals surface area contributed by atoms with Crippen molar-refractivity contribution in [2.45, 2.75) is 13.8 Å². The molecular formula is C12H10Br2N2. The highest BCUT2D eigenvalue weighted by molar-refractivity contribution is 9.11. The average Bonchev–Trinajstić information content (AvgIpc) is 2.15. The summed E-state index contributed by atoms with van der Waals surface area (Å²) >= 11 is 6.76. The largest absolute Gasteiger partial charge is 0.221 e. The van der Waals surface area contributed by atoms with Crippen molar-refractivity contribution >= 4 is 31.9 Å². The summed E-state index contributed by atoms with van der Waals surface area (Å²) in [6.07, 6.45) is 0. The van der Waals surface area contributed by atoms with E-state index in [-0.39, 0.29) is 0 Å². The van der Waals surface area contributed by atoms with Gasteiger partial charge in [0.15, 0.2) is 5.82 Å². The molecule has 1 aromatic heterocycles. The minimum atomic E-state index is 0.747. The van der Waals surface area contributed by atoms with E-state index < -0.39 is 0 Å². The van der Waals surface area contributed by atoms with E-state index in [9.17, 15) is 0 Å². The Balaban J connectivity index is 2.67. The van der Waals surface area contributed by atoms with Crippen molar-refractivity contribution < 1.29 is 0 Å². The molecule has 4 heteroatoms. The fourth-order valence-corrected chi connectivity index (χ4v) is 2.75. The second kappa shape index (κ2) is 4.63. The molecule has 0 fully saturated rings. The van der Waals surface area contributed by atoms with E-state index >= 15 is 0 Å². The molecule has 0 saturated carbocycles. The van der Waals surface area contributed by atoms with Gasteiger partial charge in [0.05, 0.1) is 0 Å². The zero-order valence-electron chi connectivity index (χ0n) is 8.96. The van der Waals surface area contributed by atoms with Crippen molar-refractivity contribution in [3.63, 3.8) is 0 Å². The fraction of sp³-hybridized carbons (Fsp3) is 0.167. The SMILES string of the molecule is Cc1cccc(C)c1-c1nc(Br)cc(Br)n1. The first-order valence-corrected chi connectivity index (χ1v) is 6.43. The van der Waals surface area contributed by atoms with Gasteiger partial charge in [-0.1, -0.05) is 18.2 Å². The monoisotopic (exact) mass is 340 g/mol. The van der Waals surface area contributed by atoms with Crippen LogP contribution in [-0.4, -0.2) is 9.97 Å². The molecule has 0 aliphatic carbocycles. The summed E-state index contributed by atoms with van der Waals surface area (Å²) < 4.78 is 1.57. The smallest absolute Gasteiger partial charge is 0.162 e.